The number of rotatable bonds is 2. The first-order chi connectivity index (χ1) is 5.95. The third-order valence-electron chi connectivity index (χ3n) is 0.830. The lowest BCUT2D eigenvalue weighted by atomic mass is 11.4. The molecule has 2 rings (SSSR count). The predicted octanol–water partition coefficient (Wildman–Crippen LogP) is -2.27. The number of hydrogen-bond donors (Lipinski definition) is 0. The molecule has 0 N–H and O–H groups in total. The molecule has 11 nitrogen and oxygen atoms in total. The van der Waals surface area contributed by atoms with E-state index in [2.05, 4.69) is 46.8 Å². The Labute approximate surface area is 64.0 Å². The second-order valence-electron chi connectivity index (χ2n) is 1.54. The van der Waals surface area contributed by atoms with Crippen LogP contribution in [0.3, 0.4) is 0 Å². The number of tetrazole rings is 1. The molecule has 0 radical (unpaired) electrons. The molecule has 11 heteroatoms. The lowest BCUT2D eigenvalue weighted by molar-refractivity contribution is 0.514. The smallest absolute Gasteiger partial charge is 0.115 e. The minimum atomic E-state index is 0.821. The van der Waals surface area contributed by atoms with E-state index < -0.39 is 0 Å². The van der Waals surface area contributed by atoms with Crippen LogP contribution in [-0.4, -0.2) is 46.1 Å². The first-order valence-electron chi connectivity index (χ1n) is 2.72. The van der Waals surface area contributed by atoms with Crippen LogP contribution in [-0.2, 0) is 0 Å². The number of nitrogens with zero attached hydrogens (tertiary/aromatic N) is 11. The summed E-state index contributed by atoms with van der Waals surface area (Å²) in [6, 6.07) is 0. The zero-order chi connectivity index (χ0) is 8.23. The maximum absolute atomic E-state index is 3.47. The summed E-state index contributed by atoms with van der Waals surface area (Å²) in [5.74, 6) is 0. The molecule has 0 amide bonds. The molecule has 0 aliphatic rings. The van der Waals surface area contributed by atoms with Crippen LogP contribution in [0.5, 0.6) is 0 Å². The number of aromatic nitrogens is 9. The van der Waals surface area contributed by atoms with Crippen molar-refractivity contribution in [2.24, 2.45) is 10.4 Å². The summed E-state index contributed by atoms with van der Waals surface area (Å²) in [5.41, 5.74) is 0. The summed E-state index contributed by atoms with van der Waals surface area (Å²) < 4.78 is 0. The SMILES string of the molecule is c1nnnn1/N=N/n1nnnn1. The van der Waals surface area contributed by atoms with Crippen molar-refractivity contribution in [3.05, 3.63) is 6.33 Å². The lowest BCUT2D eigenvalue weighted by Gasteiger charge is -1.81. The van der Waals surface area contributed by atoms with Crippen LogP contribution in [0.4, 0.5) is 0 Å². The highest BCUT2D eigenvalue weighted by atomic mass is 15.9. The molecule has 0 aliphatic heterocycles. The van der Waals surface area contributed by atoms with Crippen molar-refractivity contribution in [1.29, 1.82) is 0 Å². The van der Waals surface area contributed by atoms with E-state index in [1.165, 1.54) is 6.33 Å². The first kappa shape index (κ1) is 6.38. The summed E-state index contributed by atoms with van der Waals surface area (Å²) in [5, 5.41) is 29.9. The van der Waals surface area contributed by atoms with E-state index in [1.807, 2.05) is 0 Å². The Kier molecular flexibility index (Phi) is 1.45. The second-order valence-corrected chi connectivity index (χ2v) is 1.54. The van der Waals surface area contributed by atoms with E-state index in [0.29, 0.717) is 0 Å². The first-order valence-corrected chi connectivity index (χ1v) is 2.72. The molecule has 12 heavy (non-hydrogen) atoms. The molecular formula is CHN11. The molecule has 0 aliphatic carbocycles. The molecule has 0 fully saturated rings. The van der Waals surface area contributed by atoms with Crippen LogP contribution in [0.25, 0.3) is 0 Å². The lowest BCUT2D eigenvalue weighted by Crippen LogP contribution is -1.95. The van der Waals surface area contributed by atoms with E-state index >= 15 is 0 Å². The quantitative estimate of drug-likeness (QED) is 0.461. The monoisotopic (exact) mass is 167 g/mol. The normalized spacial score (nSPS) is 11.0. The van der Waals surface area contributed by atoms with Crippen LogP contribution in [0, 0.1) is 0 Å². The molecule has 0 saturated heterocycles. The van der Waals surface area contributed by atoms with Crippen LogP contribution in [0.2, 0.25) is 0 Å². The minimum absolute atomic E-state index is 0.821. The number of hydrogen-bond acceptors (Lipinski definition) is 9. The van der Waals surface area contributed by atoms with E-state index in [0.717, 1.165) is 9.70 Å². The van der Waals surface area contributed by atoms with Crippen LogP contribution < -0.4 is 0 Å². The maximum Gasteiger partial charge on any atom is 0.166 e. The third kappa shape index (κ3) is 1.23. The van der Waals surface area contributed by atoms with Crippen LogP contribution in [0.15, 0.2) is 16.8 Å². The fraction of sp³-hybridized carbons (Fsp3) is 0. The highest BCUT2D eigenvalue weighted by molar-refractivity contribution is 4.38. The van der Waals surface area contributed by atoms with Gasteiger partial charge in [0.05, 0.1) is 0 Å². The van der Waals surface area contributed by atoms with Gasteiger partial charge in [0.15, 0.2) is 6.33 Å². The van der Waals surface area contributed by atoms with Gasteiger partial charge in [-0.3, -0.25) is 0 Å². The molecule has 0 unspecified atom stereocenters. The molecule has 0 saturated carbocycles. The molecule has 0 spiro atoms. The third-order valence-corrected chi connectivity index (χ3v) is 0.830. The maximum atomic E-state index is 3.47. The average Bonchev–Trinajstić information content (AvgIpc) is 2.74. The predicted molar refractivity (Wildman–Crippen MR) is 29.1 cm³/mol. The largest absolute Gasteiger partial charge is 0.166 e. The molecule has 60 valence electrons. The zero-order valence-electron chi connectivity index (χ0n) is 5.50. The van der Waals surface area contributed by atoms with Gasteiger partial charge >= 0.3 is 0 Å². The van der Waals surface area contributed by atoms with Gasteiger partial charge in [0, 0.05) is 0 Å². The Morgan fingerprint density at radius 3 is 2.42 bits per heavy atom. The Morgan fingerprint density at radius 2 is 1.75 bits per heavy atom. The second kappa shape index (κ2) is 2.73. The molecule has 0 atom stereocenters. The molecule has 2 aromatic rings. The zero-order valence-corrected chi connectivity index (χ0v) is 5.50. The van der Waals surface area contributed by atoms with E-state index in [1.54, 1.807) is 0 Å². The molecule has 0 bridgehead atoms. The molecule has 0 aromatic carbocycles. The van der Waals surface area contributed by atoms with Gasteiger partial charge in [-0.15, -0.1) is 5.10 Å². The van der Waals surface area contributed by atoms with Crippen molar-refractivity contribution in [1.82, 2.24) is 46.1 Å². The fourth-order valence-corrected chi connectivity index (χ4v) is 0.435. The van der Waals surface area contributed by atoms with Crippen molar-refractivity contribution in [3.63, 3.8) is 0 Å². The highest BCUT2D eigenvalue weighted by Gasteiger charge is 1.89. The minimum Gasteiger partial charge on any atom is -0.115 e. The Hall–Kier alpha value is -2.33. The van der Waals surface area contributed by atoms with Gasteiger partial charge in [0.2, 0.25) is 0 Å². The summed E-state index contributed by atoms with van der Waals surface area (Å²) in [4.78, 5) is 1.85. The van der Waals surface area contributed by atoms with Gasteiger partial charge < -0.3 is 0 Å². The summed E-state index contributed by atoms with van der Waals surface area (Å²) in [6.07, 6.45) is 1.26. The Morgan fingerprint density at radius 1 is 0.917 bits per heavy atom. The van der Waals surface area contributed by atoms with Crippen molar-refractivity contribution < 1.29 is 0 Å². The van der Waals surface area contributed by atoms with E-state index in [9.17, 15) is 0 Å². The van der Waals surface area contributed by atoms with Gasteiger partial charge in [-0.1, -0.05) is 4.79 Å². The van der Waals surface area contributed by atoms with Crippen molar-refractivity contribution in [2.45, 2.75) is 0 Å². The molecular weight excluding hydrogens is 166 g/mol. The Bertz CT molecular complexity index is 302. The standard InChI is InChI=1S/CHN11/c1-2-3-6-11(1)9-10-12-7-4-5-8-12/h1H/b10-9+. The fourth-order valence-electron chi connectivity index (χ4n) is 0.435. The summed E-state index contributed by atoms with van der Waals surface area (Å²) >= 11 is 0. The van der Waals surface area contributed by atoms with Crippen molar-refractivity contribution in [2.75, 3.05) is 0 Å². The highest BCUT2D eigenvalue weighted by Crippen LogP contribution is 1.77. The van der Waals surface area contributed by atoms with Gasteiger partial charge in [0.1, 0.15) is 0 Å². The van der Waals surface area contributed by atoms with Crippen molar-refractivity contribution in [3.8, 4) is 0 Å². The summed E-state index contributed by atoms with van der Waals surface area (Å²) in [6.45, 7) is 0. The van der Waals surface area contributed by atoms with Gasteiger partial charge in [-0.2, -0.15) is 0 Å². The van der Waals surface area contributed by atoms with Gasteiger partial charge in [-0.05, 0) is 46.6 Å². The average molecular weight is 167 g/mol. The molecule has 2 aromatic heterocycles. The van der Waals surface area contributed by atoms with E-state index in [-0.39, 0.29) is 0 Å². The summed E-state index contributed by atoms with van der Waals surface area (Å²) in [7, 11) is 0. The Balaban J connectivity index is 2.14. The van der Waals surface area contributed by atoms with Gasteiger partial charge in [-0.25, -0.2) is 0 Å². The van der Waals surface area contributed by atoms with Crippen LogP contribution >= 0.6 is 0 Å². The topological polar surface area (TPSA) is 125 Å². The van der Waals surface area contributed by atoms with E-state index in [4.69, 9.17) is 0 Å². The van der Waals surface area contributed by atoms with Crippen molar-refractivity contribution >= 4 is 0 Å². The van der Waals surface area contributed by atoms with Crippen LogP contribution in [0.1, 0.15) is 0 Å². The van der Waals surface area contributed by atoms with Gasteiger partial charge in [0.25, 0.3) is 0 Å². The molecule has 2 heterocycles.